The maximum absolute atomic E-state index is 12.6. The average molecular weight is 320 g/mol. The number of aryl methyl sites for hydroxylation is 1. The third-order valence-corrected chi connectivity index (χ3v) is 4.24. The Kier molecular flexibility index (Phi) is 5.52. The molecule has 128 valence electrons. The molecule has 2 N–H and O–H groups in total. The number of urea groups is 1. The van der Waals surface area contributed by atoms with E-state index in [4.69, 9.17) is 4.74 Å². The van der Waals surface area contributed by atoms with E-state index in [2.05, 4.69) is 12.2 Å². The Morgan fingerprint density at radius 2 is 2.22 bits per heavy atom. The predicted octanol–water partition coefficient (Wildman–Crippen LogP) is 3.55. The monoisotopic (exact) mass is 320 g/mol. The molecule has 1 aliphatic heterocycles. The van der Waals surface area contributed by atoms with Gasteiger partial charge >= 0.3 is 6.03 Å². The number of carbonyl (C=O) groups excluding carboxylic acids is 1. The zero-order chi connectivity index (χ0) is 17.0. The highest BCUT2D eigenvalue weighted by Gasteiger charge is 2.38. The Morgan fingerprint density at radius 1 is 1.48 bits per heavy atom. The van der Waals surface area contributed by atoms with E-state index >= 15 is 0 Å². The van der Waals surface area contributed by atoms with E-state index in [0.717, 1.165) is 36.3 Å². The van der Waals surface area contributed by atoms with Crippen molar-refractivity contribution in [3.63, 3.8) is 0 Å². The number of likely N-dealkylation sites (tertiary alicyclic amines) is 1. The fourth-order valence-corrected chi connectivity index (χ4v) is 3.02. The molecule has 1 saturated heterocycles. The van der Waals surface area contributed by atoms with E-state index < -0.39 is 5.60 Å². The molecule has 1 heterocycles. The first kappa shape index (κ1) is 17.6. The number of nitrogens with one attached hydrogen (secondary N) is 1. The van der Waals surface area contributed by atoms with Crippen molar-refractivity contribution in [2.24, 2.45) is 0 Å². The molecule has 1 atom stereocenters. The van der Waals surface area contributed by atoms with E-state index in [1.807, 2.05) is 25.1 Å². The van der Waals surface area contributed by atoms with Crippen molar-refractivity contribution in [3.8, 4) is 5.75 Å². The second-order valence-electron chi connectivity index (χ2n) is 6.76. The van der Waals surface area contributed by atoms with Gasteiger partial charge in [-0.3, -0.25) is 0 Å². The van der Waals surface area contributed by atoms with Crippen LogP contribution in [0.25, 0.3) is 0 Å². The fourth-order valence-electron chi connectivity index (χ4n) is 3.02. The molecule has 1 fully saturated rings. The Labute approximate surface area is 138 Å². The van der Waals surface area contributed by atoms with Crippen LogP contribution in [0.5, 0.6) is 5.75 Å². The summed E-state index contributed by atoms with van der Waals surface area (Å²) in [4.78, 5) is 14.3. The molecule has 0 bridgehead atoms. The molecular formula is C18H28N2O3. The standard InChI is InChI=1S/C18H28N2O3/c1-5-11-23-14-8-9-15(13(2)12-14)19-17(21)20-10-6-7-16(20)18(3,4)22/h8-9,12,16,22H,5-7,10-11H2,1-4H3,(H,19,21). The normalized spacial score (nSPS) is 18.1. The molecule has 23 heavy (non-hydrogen) atoms. The highest BCUT2D eigenvalue weighted by molar-refractivity contribution is 5.90. The van der Waals surface area contributed by atoms with Crippen molar-refractivity contribution in [2.75, 3.05) is 18.5 Å². The maximum Gasteiger partial charge on any atom is 0.322 e. The first-order valence-corrected chi connectivity index (χ1v) is 8.36. The van der Waals surface area contributed by atoms with Crippen LogP contribution >= 0.6 is 0 Å². The molecule has 1 aromatic rings. The van der Waals surface area contributed by atoms with Gasteiger partial charge in [0.2, 0.25) is 0 Å². The van der Waals surface area contributed by atoms with E-state index in [1.165, 1.54) is 0 Å². The van der Waals surface area contributed by atoms with Crippen molar-refractivity contribution in [2.45, 2.75) is 58.6 Å². The minimum atomic E-state index is -0.888. The summed E-state index contributed by atoms with van der Waals surface area (Å²) in [6.07, 6.45) is 2.72. The second kappa shape index (κ2) is 7.21. The number of amides is 2. The summed E-state index contributed by atoms with van der Waals surface area (Å²) in [6.45, 7) is 8.90. The first-order chi connectivity index (χ1) is 10.8. The van der Waals surface area contributed by atoms with Gasteiger partial charge in [-0.15, -0.1) is 0 Å². The van der Waals surface area contributed by atoms with Crippen LogP contribution in [0.15, 0.2) is 18.2 Å². The minimum Gasteiger partial charge on any atom is -0.494 e. The lowest BCUT2D eigenvalue weighted by atomic mass is 9.97. The zero-order valence-electron chi connectivity index (χ0n) is 14.6. The minimum absolute atomic E-state index is 0.144. The van der Waals surface area contributed by atoms with Crippen LogP contribution in [-0.4, -0.2) is 40.8 Å². The lowest BCUT2D eigenvalue weighted by Gasteiger charge is -2.33. The Morgan fingerprint density at radius 3 is 2.83 bits per heavy atom. The van der Waals surface area contributed by atoms with E-state index in [0.29, 0.717) is 13.2 Å². The van der Waals surface area contributed by atoms with Gasteiger partial charge in [-0.2, -0.15) is 0 Å². The number of aliphatic hydroxyl groups is 1. The average Bonchev–Trinajstić information content (AvgIpc) is 2.97. The molecule has 1 unspecified atom stereocenters. The Hall–Kier alpha value is -1.75. The van der Waals surface area contributed by atoms with E-state index in [9.17, 15) is 9.90 Å². The van der Waals surface area contributed by atoms with Crippen LogP contribution in [0, 0.1) is 6.92 Å². The topological polar surface area (TPSA) is 61.8 Å². The van der Waals surface area contributed by atoms with Crippen molar-refractivity contribution in [3.05, 3.63) is 23.8 Å². The molecule has 1 aromatic carbocycles. The van der Waals surface area contributed by atoms with Crippen molar-refractivity contribution in [1.29, 1.82) is 0 Å². The molecule has 0 aliphatic carbocycles. The van der Waals surface area contributed by atoms with E-state index in [1.54, 1.807) is 18.7 Å². The SMILES string of the molecule is CCCOc1ccc(NC(=O)N2CCCC2C(C)(C)O)c(C)c1. The number of carbonyl (C=O) groups is 1. The summed E-state index contributed by atoms with van der Waals surface area (Å²) in [7, 11) is 0. The Bertz CT molecular complexity index is 552. The largest absolute Gasteiger partial charge is 0.494 e. The maximum atomic E-state index is 12.6. The smallest absolute Gasteiger partial charge is 0.322 e. The summed E-state index contributed by atoms with van der Waals surface area (Å²) in [5.41, 5.74) is 0.854. The van der Waals surface area contributed by atoms with Gasteiger partial charge < -0.3 is 20.1 Å². The number of ether oxygens (including phenoxy) is 1. The molecule has 0 spiro atoms. The lowest BCUT2D eigenvalue weighted by molar-refractivity contribution is 0.0117. The van der Waals surface area contributed by atoms with E-state index in [-0.39, 0.29) is 12.1 Å². The lowest BCUT2D eigenvalue weighted by Crippen LogP contribution is -2.49. The number of anilines is 1. The third-order valence-electron chi connectivity index (χ3n) is 4.24. The van der Waals surface area contributed by atoms with Gasteiger partial charge in [-0.1, -0.05) is 6.92 Å². The van der Waals surface area contributed by atoms with Gasteiger partial charge in [0.15, 0.2) is 0 Å². The molecule has 5 nitrogen and oxygen atoms in total. The van der Waals surface area contributed by atoms with Gasteiger partial charge in [0.05, 0.1) is 18.2 Å². The Balaban J connectivity index is 2.05. The van der Waals surface area contributed by atoms with Crippen LogP contribution in [0.3, 0.4) is 0 Å². The van der Waals surface area contributed by atoms with Gasteiger partial charge in [0.25, 0.3) is 0 Å². The van der Waals surface area contributed by atoms with Crippen LogP contribution in [0.1, 0.15) is 45.6 Å². The summed E-state index contributed by atoms with van der Waals surface area (Å²) in [5.74, 6) is 0.817. The first-order valence-electron chi connectivity index (χ1n) is 8.36. The molecule has 5 heteroatoms. The molecule has 1 aliphatic rings. The quantitative estimate of drug-likeness (QED) is 0.872. The van der Waals surface area contributed by atoms with Gasteiger partial charge in [0.1, 0.15) is 5.75 Å². The second-order valence-corrected chi connectivity index (χ2v) is 6.76. The molecule has 2 amide bonds. The third kappa shape index (κ3) is 4.38. The number of rotatable bonds is 5. The highest BCUT2D eigenvalue weighted by Crippen LogP contribution is 2.28. The van der Waals surface area contributed by atoms with Gasteiger partial charge in [0, 0.05) is 12.2 Å². The molecule has 0 saturated carbocycles. The zero-order valence-corrected chi connectivity index (χ0v) is 14.6. The van der Waals surface area contributed by atoms with Gasteiger partial charge in [-0.25, -0.2) is 4.79 Å². The van der Waals surface area contributed by atoms with Crippen molar-refractivity contribution >= 4 is 11.7 Å². The van der Waals surface area contributed by atoms with Gasteiger partial charge in [-0.05, 0) is 63.8 Å². The summed E-state index contributed by atoms with van der Waals surface area (Å²) in [6, 6.07) is 5.38. The predicted molar refractivity (Wildman–Crippen MR) is 92.0 cm³/mol. The van der Waals surface area contributed by atoms with Crippen LogP contribution in [0.4, 0.5) is 10.5 Å². The summed E-state index contributed by atoms with van der Waals surface area (Å²) >= 11 is 0. The summed E-state index contributed by atoms with van der Waals surface area (Å²) < 4.78 is 5.60. The molecule has 0 radical (unpaired) electrons. The number of nitrogens with zero attached hydrogens (tertiary/aromatic N) is 1. The fraction of sp³-hybridized carbons (Fsp3) is 0.611. The van der Waals surface area contributed by atoms with Crippen LogP contribution in [-0.2, 0) is 0 Å². The van der Waals surface area contributed by atoms with Crippen molar-refractivity contribution in [1.82, 2.24) is 4.90 Å². The van der Waals surface area contributed by atoms with Crippen LogP contribution in [0.2, 0.25) is 0 Å². The summed E-state index contributed by atoms with van der Waals surface area (Å²) in [5, 5.41) is 13.2. The molecule has 0 aromatic heterocycles. The number of hydrogen-bond donors (Lipinski definition) is 2. The molecule has 2 rings (SSSR count). The molecular weight excluding hydrogens is 292 g/mol. The number of hydrogen-bond acceptors (Lipinski definition) is 3. The van der Waals surface area contributed by atoms with Crippen molar-refractivity contribution < 1.29 is 14.6 Å². The number of benzene rings is 1. The highest BCUT2D eigenvalue weighted by atomic mass is 16.5. The van der Waals surface area contributed by atoms with Crippen LogP contribution < -0.4 is 10.1 Å².